The molecule has 4 nitrogen and oxygen atoms in total. The summed E-state index contributed by atoms with van der Waals surface area (Å²) in [6.07, 6.45) is -0.393. The monoisotopic (exact) mass is 295 g/mol. The Balaban J connectivity index is 1.96. The zero-order chi connectivity index (χ0) is 12.0. The Bertz CT molecular complexity index is 586. The fourth-order valence-electron chi connectivity index (χ4n) is 1.91. The number of carbonyl (C=O) groups excluding carboxylic acids is 1. The first-order chi connectivity index (χ1) is 8.15. The summed E-state index contributed by atoms with van der Waals surface area (Å²) in [5.41, 5.74) is 0.684. The zero-order valence-corrected chi connectivity index (χ0v) is 10.5. The topological polar surface area (TPSA) is 53.7 Å². The maximum Gasteiger partial charge on any atom is 0.289 e. The smallest absolute Gasteiger partial charge is 0.289 e. The molecule has 0 aliphatic carbocycles. The van der Waals surface area contributed by atoms with Crippen LogP contribution in [0.4, 0.5) is 0 Å². The lowest BCUT2D eigenvalue weighted by Gasteiger charge is -2.35. The van der Waals surface area contributed by atoms with Gasteiger partial charge in [0.05, 0.1) is 6.10 Å². The largest absolute Gasteiger partial charge is 0.451 e. The van der Waals surface area contributed by atoms with Crippen LogP contribution >= 0.6 is 15.9 Å². The molecule has 3 rings (SSSR count). The van der Waals surface area contributed by atoms with Crippen molar-refractivity contribution in [2.45, 2.75) is 6.10 Å². The van der Waals surface area contributed by atoms with E-state index in [2.05, 4.69) is 15.9 Å². The van der Waals surface area contributed by atoms with Gasteiger partial charge in [-0.15, -0.1) is 0 Å². The molecule has 0 unspecified atom stereocenters. The summed E-state index contributed by atoms with van der Waals surface area (Å²) in [6.45, 7) is 0.772. The molecule has 1 aliphatic rings. The molecule has 17 heavy (non-hydrogen) atoms. The number of nitrogens with zero attached hydrogens (tertiary/aromatic N) is 1. The SMILES string of the molecule is O=C(c1cc2c(Br)cccc2o1)N1CC(O)C1. The molecule has 5 heteroatoms. The van der Waals surface area contributed by atoms with Crippen LogP contribution in [-0.4, -0.2) is 35.1 Å². The predicted octanol–water partition coefficient (Wildman–Crippen LogP) is 2.01. The molecule has 2 aromatic rings. The number of rotatable bonds is 1. The number of amides is 1. The Kier molecular flexibility index (Phi) is 2.45. The third-order valence-corrected chi connectivity index (χ3v) is 3.56. The molecule has 1 aliphatic heterocycles. The van der Waals surface area contributed by atoms with Gasteiger partial charge in [-0.25, -0.2) is 0 Å². The molecule has 0 saturated carbocycles. The van der Waals surface area contributed by atoms with Crippen molar-refractivity contribution in [3.05, 3.63) is 34.5 Å². The van der Waals surface area contributed by atoms with Crippen molar-refractivity contribution in [2.75, 3.05) is 13.1 Å². The second-order valence-electron chi connectivity index (χ2n) is 4.13. The summed E-state index contributed by atoms with van der Waals surface area (Å²) in [4.78, 5) is 13.5. The van der Waals surface area contributed by atoms with Gasteiger partial charge in [0, 0.05) is 22.9 Å². The van der Waals surface area contributed by atoms with E-state index in [-0.39, 0.29) is 5.91 Å². The maximum atomic E-state index is 12.0. The van der Waals surface area contributed by atoms with Gasteiger partial charge in [-0.2, -0.15) is 0 Å². The van der Waals surface area contributed by atoms with Gasteiger partial charge in [-0.3, -0.25) is 4.79 Å². The van der Waals surface area contributed by atoms with Crippen molar-refractivity contribution in [3.8, 4) is 0 Å². The van der Waals surface area contributed by atoms with Crippen LogP contribution in [0, 0.1) is 0 Å². The molecule has 1 aromatic heterocycles. The van der Waals surface area contributed by atoms with Crippen LogP contribution in [0.25, 0.3) is 11.0 Å². The van der Waals surface area contributed by atoms with E-state index < -0.39 is 6.10 Å². The summed E-state index contributed by atoms with van der Waals surface area (Å²) in [5, 5.41) is 10.1. The van der Waals surface area contributed by atoms with Crippen LogP contribution in [0.2, 0.25) is 0 Å². The van der Waals surface area contributed by atoms with Crippen LogP contribution in [0.5, 0.6) is 0 Å². The van der Waals surface area contributed by atoms with E-state index in [9.17, 15) is 4.79 Å². The van der Waals surface area contributed by atoms with Crippen LogP contribution in [0.15, 0.2) is 33.2 Å². The van der Waals surface area contributed by atoms with Crippen LogP contribution < -0.4 is 0 Å². The van der Waals surface area contributed by atoms with Gasteiger partial charge in [0.1, 0.15) is 5.58 Å². The van der Waals surface area contributed by atoms with E-state index in [0.29, 0.717) is 24.4 Å². The van der Waals surface area contributed by atoms with Gasteiger partial charge in [-0.05, 0) is 18.2 Å². The minimum atomic E-state index is -0.393. The predicted molar refractivity (Wildman–Crippen MR) is 65.8 cm³/mol. The lowest BCUT2D eigenvalue weighted by atomic mass is 10.1. The zero-order valence-electron chi connectivity index (χ0n) is 8.89. The molecule has 0 atom stereocenters. The van der Waals surface area contributed by atoms with Gasteiger partial charge in [0.15, 0.2) is 5.76 Å². The first kappa shape index (κ1) is 10.8. The number of furan rings is 1. The summed E-state index contributed by atoms with van der Waals surface area (Å²) in [7, 11) is 0. The number of fused-ring (bicyclic) bond motifs is 1. The molecule has 1 fully saturated rings. The molecule has 0 spiro atoms. The van der Waals surface area contributed by atoms with E-state index in [4.69, 9.17) is 9.52 Å². The summed E-state index contributed by atoms with van der Waals surface area (Å²) < 4.78 is 6.40. The Morgan fingerprint density at radius 1 is 1.47 bits per heavy atom. The number of β-amino-alcohol motifs (C(OH)–C–C–N with tert-alkyl or cyclic N) is 1. The number of benzene rings is 1. The normalized spacial score (nSPS) is 16.2. The number of halogens is 1. The second-order valence-corrected chi connectivity index (χ2v) is 4.98. The number of aliphatic hydroxyl groups is 1. The average Bonchev–Trinajstić information content (AvgIpc) is 2.69. The summed E-state index contributed by atoms with van der Waals surface area (Å²) >= 11 is 3.41. The molecule has 0 bridgehead atoms. The first-order valence-corrected chi connectivity index (χ1v) is 6.10. The van der Waals surface area contributed by atoms with Crippen LogP contribution in [0.1, 0.15) is 10.6 Å². The molecule has 2 heterocycles. The van der Waals surface area contributed by atoms with Crippen molar-refractivity contribution in [1.29, 1.82) is 0 Å². The summed E-state index contributed by atoms with van der Waals surface area (Å²) in [5.74, 6) is 0.150. The molecule has 1 amide bonds. The fourth-order valence-corrected chi connectivity index (χ4v) is 2.37. The molecule has 1 N–H and O–H groups in total. The lowest BCUT2D eigenvalue weighted by molar-refractivity contribution is 0.00406. The standard InChI is InChI=1S/C12H10BrNO3/c13-9-2-1-3-10-8(9)4-11(17-10)12(16)14-5-7(15)6-14/h1-4,7,15H,5-6H2. The Labute approximate surface area is 106 Å². The highest BCUT2D eigenvalue weighted by Gasteiger charge is 2.31. The number of hydrogen-bond donors (Lipinski definition) is 1. The Morgan fingerprint density at radius 2 is 2.24 bits per heavy atom. The quantitative estimate of drug-likeness (QED) is 0.876. The van der Waals surface area contributed by atoms with Gasteiger partial charge in [-0.1, -0.05) is 22.0 Å². The van der Waals surface area contributed by atoms with Crippen LogP contribution in [0.3, 0.4) is 0 Å². The lowest BCUT2D eigenvalue weighted by Crippen LogP contribution is -2.53. The fraction of sp³-hybridized carbons (Fsp3) is 0.250. The van der Waals surface area contributed by atoms with E-state index in [1.165, 1.54) is 0 Å². The Morgan fingerprint density at radius 3 is 2.88 bits per heavy atom. The van der Waals surface area contributed by atoms with Crippen molar-refractivity contribution < 1.29 is 14.3 Å². The number of hydrogen-bond acceptors (Lipinski definition) is 3. The molecule has 1 aromatic carbocycles. The molecule has 0 radical (unpaired) electrons. The minimum absolute atomic E-state index is 0.168. The van der Waals surface area contributed by atoms with E-state index in [0.717, 1.165) is 9.86 Å². The van der Waals surface area contributed by atoms with Crippen molar-refractivity contribution in [1.82, 2.24) is 4.90 Å². The molecule has 1 saturated heterocycles. The number of likely N-dealkylation sites (tertiary alicyclic amines) is 1. The van der Waals surface area contributed by atoms with E-state index in [1.807, 2.05) is 18.2 Å². The van der Waals surface area contributed by atoms with E-state index >= 15 is 0 Å². The summed E-state index contributed by atoms with van der Waals surface area (Å²) in [6, 6.07) is 7.31. The van der Waals surface area contributed by atoms with Gasteiger partial charge < -0.3 is 14.4 Å². The van der Waals surface area contributed by atoms with E-state index in [1.54, 1.807) is 11.0 Å². The highest BCUT2D eigenvalue weighted by molar-refractivity contribution is 9.10. The third kappa shape index (κ3) is 1.75. The van der Waals surface area contributed by atoms with Crippen molar-refractivity contribution >= 4 is 32.8 Å². The minimum Gasteiger partial charge on any atom is -0.451 e. The number of carbonyl (C=O) groups is 1. The average molecular weight is 296 g/mol. The molecular weight excluding hydrogens is 286 g/mol. The second kappa shape index (κ2) is 3.85. The first-order valence-electron chi connectivity index (χ1n) is 5.30. The van der Waals surface area contributed by atoms with Gasteiger partial charge in [0.25, 0.3) is 5.91 Å². The van der Waals surface area contributed by atoms with Crippen molar-refractivity contribution in [3.63, 3.8) is 0 Å². The highest BCUT2D eigenvalue weighted by atomic mass is 79.9. The highest BCUT2D eigenvalue weighted by Crippen LogP contribution is 2.28. The third-order valence-electron chi connectivity index (χ3n) is 2.87. The Hall–Kier alpha value is -1.33. The van der Waals surface area contributed by atoms with Gasteiger partial charge >= 0.3 is 0 Å². The maximum absolute atomic E-state index is 12.0. The van der Waals surface area contributed by atoms with Crippen molar-refractivity contribution in [2.24, 2.45) is 0 Å². The van der Waals surface area contributed by atoms with Crippen LogP contribution in [-0.2, 0) is 0 Å². The molecule has 88 valence electrons. The molecular formula is C12H10BrNO3. The van der Waals surface area contributed by atoms with Gasteiger partial charge in [0.2, 0.25) is 0 Å². The number of aliphatic hydroxyl groups excluding tert-OH is 1.